The number of piperidine rings is 1. The first-order valence-electron chi connectivity index (χ1n) is 6.97. The van der Waals surface area contributed by atoms with Crippen LogP contribution in [0.5, 0.6) is 0 Å². The Morgan fingerprint density at radius 3 is 2.75 bits per heavy atom. The van der Waals surface area contributed by atoms with Gasteiger partial charge in [-0.05, 0) is 24.8 Å². The minimum atomic E-state index is -4.41. The molecule has 1 aromatic rings. The minimum Gasteiger partial charge on any atom is -0.356 e. The number of hydrogen-bond donors (Lipinski definition) is 1. The highest BCUT2D eigenvalue weighted by Gasteiger charge is 2.34. The molecule has 1 aliphatic heterocycles. The standard InChI is InChI=1S/C14H20F3N3/c1-2-10-4-3-7-20(9-10)13-11(8-18)5-6-12(19-13)14(15,16)17/h5-6,10H,2-4,7-9,18H2,1H3. The molecule has 0 aliphatic carbocycles. The molecule has 0 spiro atoms. The first kappa shape index (κ1) is 15.1. The van der Waals surface area contributed by atoms with Gasteiger partial charge in [-0.25, -0.2) is 4.98 Å². The van der Waals surface area contributed by atoms with Gasteiger partial charge in [0.05, 0.1) is 0 Å². The van der Waals surface area contributed by atoms with Gasteiger partial charge < -0.3 is 10.6 Å². The largest absolute Gasteiger partial charge is 0.433 e. The number of pyridine rings is 1. The molecule has 0 saturated carbocycles. The van der Waals surface area contributed by atoms with Gasteiger partial charge in [-0.15, -0.1) is 0 Å². The van der Waals surface area contributed by atoms with Gasteiger partial charge in [0, 0.05) is 25.2 Å². The van der Waals surface area contributed by atoms with Crippen LogP contribution in [0.25, 0.3) is 0 Å². The van der Waals surface area contributed by atoms with E-state index in [9.17, 15) is 13.2 Å². The monoisotopic (exact) mass is 287 g/mol. The number of rotatable bonds is 3. The van der Waals surface area contributed by atoms with Gasteiger partial charge in [0.1, 0.15) is 11.5 Å². The molecule has 1 saturated heterocycles. The normalized spacial score (nSPS) is 20.2. The van der Waals surface area contributed by atoms with E-state index in [0.29, 0.717) is 17.3 Å². The molecule has 2 heterocycles. The lowest BCUT2D eigenvalue weighted by Gasteiger charge is -2.34. The van der Waals surface area contributed by atoms with Gasteiger partial charge in [-0.1, -0.05) is 19.4 Å². The van der Waals surface area contributed by atoms with Crippen molar-refractivity contribution in [2.45, 2.75) is 38.9 Å². The van der Waals surface area contributed by atoms with Crippen molar-refractivity contribution in [3.63, 3.8) is 0 Å². The highest BCUT2D eigenvalue weighted by molar-refractivity contribution is 5.48. The van der Waals surface area contributed by atoms with Crippen LogP contribution >= 0.6 is 0 Å². The van der Waals surface area contributed by atoms with E-state index >= 15 is 0 Å². The molecule has 1 aliphatic rings. The third kappa shape index (κ3) is 3.23. The zero-order chi connectivity index (χ0) is 14.8. The molecule has 6 heteroatoms. The van der Waals surface area contributed by atoms with E-state index in [0.717, 1.165) is 38.4 Å². The first-order valence-corrected chi connectivity index (χ1v) is 6.97. The summed E-state index contributed by atoms with van der Waals surface area (Å²) in [7, 11) is 0. The molecule has 3 nitrogen and oxygen atoms in total. The third-order valence-corrected chi connectivity index (χ3v) is 3.86. The summed E-state index contributed by atoms with van der Waals surface area (Å²) < 4.78 is 38.4. The number of halogens is 3. The molecule has 20 heavy (non-hydrogen) atoms. The highest BCUT2D eigenvalue weighted by Crippen LogP contribution is 2.32. The van der Waals surface area contributed by atoms with Crippen LogP contribution in [0.4, 0.5) is 19.0 Å². The fourth-order valence-electron chi connectivity index (χ4n) is 2.66. The van der Waals surface area contributed by atoms with Crippen molar-refractivity contribution in [3.05, 3.63) is 23.4 Å². The van der Waals surface area contributed by atoms with Crippen molar-refractivity contribution in [1.29, 1.82) is 0 Å². The van der Waals surface area contributed by atoms with Crippen LogP contribution in [-0.4, -0.2) is 18.1 Å². The second-order valence-electron chi connectivity index (χ2n) is 5.24. The van der Waals surface area contributed by atoms with E-state index in [4.69, 9.17) is 5.73 Å². The van der Waals surface area contributed by atoms with Crippen molar-refractivity contribution >= 4 is 5.82 Å². The molecule has 112 valence electrons. The maximum Gasteiger partial charge on any atom is 0.433 e. The summed E-state index contributed by atoms with van der Waals surface area (Å²) in [4.78, 5) is 5.78. The van der Waals surface area contributed by atoms with Crippen molar-refractivity contribution in [1.82, 2.24) is 4.98 Å². The van der Waals surface area contributed by atoms with E-state index in [1.54, 1.807) is 0 Å². The maximum atomic E-state index is 12.8. The third-order valence-electron chi connectivity index (χ3n) is 3.86. The molecule has 1 unspecified atom stereocenters. The lowest BCUT2D eigenvalue weighted by molar-refractivity contribution is -0.141. The summed E-state index contributed by atoms with van der Waals surface area (Å²) in [6, 6.07) is 2.45. The molecule has 0 amide bonds. The van der Waals surface area contributed by atoms with Gasteiger partial charge in [0.15, 0.2) is 0 Å². The van der Waals surface area contributed by atoms with E-state index in [2.05, 4.69) is 11.9 Å². The van der Waals surface area contributed by atoms with Crippen LogP contribution in [0.3, 0.4) is 0 Å². The van der Waals surface area contributed by atoms with E-state index in [1.165, 1.54) is 6.07 Å². The zero-order valence-corrected chi connectivity index (χ0v) is 11.6. The van der Waals surface area contributed by atoms with Gasteiger partial charge >= 0.3 is 6.18 Å². The molecule has 0 bridgehead atoms. The Morgan fingerprint density at radius 2 is 2.15 bits per heavy atom. The number of nitrogens with two attached hydrogens (primary N) is 1. The second-order valence-corrected chi connectivity index (χ2v) is 5.24. The Balaban J connectivity index is 2.32. The summed E-state index contributed by atoms with van der Waals surface area (Å²) in [5.74, 6) is 0.922. The van der Waals surface area contributed by atoms with Crippen molar-refractivity contribution < 1.29 is 13.2 Å². The van der Waals surface area contributed by atoms with Crippen molar-refractivity contribution in [2.75, 3.05) is 18.0 Å². The molecular weight excluding hydrogens is 267 g/mol. The maximum absolute atomic E-state index is 12.8. The summed E-state index contributed by atoms with van der Waals surface area (Å²) in [5, 5.41) is 0. The molecule has 2 rings (SSSR count). The molecule has 1 aromatic heterocycles. The van der Waals surface area contributed by atoms with Gasteiger partial charge in [-0.2, -0.15) is 13.2 Å². The Hall–Kier alpha value is -1.30. The zero-order valence-electron chi connectivity index (χ0n) is 11.6. The lowest BCUT2D eigenvalue weighted by Crippen LogP contribution is -2.37. The Bertz CT molecular complexity index is 459. The van der Waals surface area contributed by atoms with Gasteiger partial charge in [0.25, 0.3) is 0 Å². The fourth-order valence-corrected chi connectivity index (χ4v) is 2.66. The number of anilines is 1. The van der Waals surface area contributed by atoms with Crippen LogP contribution in [0, 0.1) is 5.92 Å². The van der Waals surface area contributed by atoms with Crippen LogP contribution < -0.4 is 10.6 Å². The summed E-state index contributed by atoms with van der Waals surface area (Å²) in [5.41, 5.74) is 5.47. The Kier molecular flexibility index (Phi) is 4.52. The summed E-state index contributed by atoms with van der Waals surface area (Å²) >= 11 is 0. The van der Waals surface area contributed by atoms with Crippen LogP contribution in [0.15, 0.2) is 12.1 Å². The molecule has 2 N–H and O–H groups in total. The fraction of sp³-hybridized carbons (Fsp3) is 0.643. The topological polar surface area (TPSA) is 42.2 Å². The number of alkyl halides is 3. The van der Waals surface area contributed by atoms with Gasteiger partial charge in [-0.3, -0.25) is 0 Å². The predicted octanol–water partition coefficient (Wildman–Crippen LogP) is 3.19. The quantitative estimate of drug-likeness (QED) is 0.928. The van der Waals surface area contributed by atoms with Crippen LogP contribution in [0.2, 0.25) is 0 Å². The molecule has 0 aromatic carbocycles. The van der Waals surface area contributed by atoms with Crippen molar-refractivity contribution in [2.24, 2.45) is 11.7 Å². The highest BCUT2D eigenvalue weighted by atomic mass is 19.4. The molecule has 1 atom stereocenters. The van der Waals surface area contributed by atoms with E-state index in [-0.39, 0.29) is 6.54 Å². The van der Waals surface area contributed by atoms with Gasteiger partial charge in [0.2, 0.25) is 0 Å². The minimum absolute atomic E-state index is 0.202. The Labute approximate surface area is 117 Å². The smallest absolute Gasteiger partial charge is 0.356 e. The number of nitrogens with zero attached hydrogens (tertiary/aromatic N) is 2. The molecule has 0 radical (unpaired) electrons. The summed E-state index contributed by atoms with van der Waals surface area (Å²) in [6.07, 6.45) is -1.26. The molecular formula is C14H20F3N3. The first-order chi connectivity index (χ1) is 9.45. The SMILES string of the molecule is CCC1CCCN(c2nc(C(F)(F)F)ccc2CN)C1. The lowest BCUT2D eigenvalue weighted by atomic mass is 9.95. The summed E-state index contributed by atoms with van der Waals surface area (Å²) in [6.45, 7) is 3.82. The molecule has 1 fully saturated rings. The van der Waals surface area contributed by atoms with E-state index in [1.807, 2.05) is 4.90 Å². The predicted molar refractivity (Wildman–Crippen MR) is 72.4 cm³/mol. The Morgan fingerprint density at radius 1 is 1.40 bits per heavy atom. The number of aromatic nitrogens is 1. The second kappa shape index (κ2) is 5.99. The average Bonchev–Trinajstić information content (AvgIpc) is 2.45. The van der Waals surface area contributed by atoms with E-state index < -0.39 is 11.9 Å². The van der Waals surface area contributed by atoms with Crippen LogP contribution in [-0.2, 0) is 12.7 Å². The van der Waals surface area contributed by atoms with Crippen molar-refractivity contribution in [3.8, 4) is 0 Å². The average molecular weight is 287 g/mol. The number of hydrogen-bond acceptors (Lipinski definition) is 3. The van der Waals surface area contributed by atoms with Crippen LogP contribution in [0.1, 0.15) is 37.4 Å².